The molecule has 274 valence electrons. The predicted octanol–water partition coefficient (Wildman–Crippen LogP) is 5.54. The largest absolute Gasteiger partial charge is 0.493 e. The van der Waals surface area contributed by atoms with E-state index < -0.39 is 18.2 Å². The van der Waals surface area contributed by atoms with Crippen molar-refractivity contribution >= 4 is 46.2 Å². The number of carbonyl (C=O) groups is 3. The minimum absolute atomic E-state index is 0.192. The smallest absolute Gasteiger partial charge is 0.490 e. The fourth-order valence-electron chi connectivity index (χ4n) is 5.14. The van der Waals surface area contributed by atoms with Crippen LogP contribution in [0.5, 0.6) is 5.75 Å². The number of pyridine rings is 2. The van der Waals surface area contributed by atoms with Crippen molar-refractivity contribution in [1.29, 1.82) is 0 Å². The molecule has 52 heavy (non-hydrogen) atoms. The van der Waals surface area contributed by atoms with Gasteiger partial charge in [-0.05, 0) is 44.5 Å². The highest BCUT2D eigenvalue weighted by atomic mass is 35.5. The number of aliphatic carboxylic acids is 1. The van der Waals surface area contributed by atoms with Gasteiger partial charge < -0.3 is 25.4 Å². The minimum Gasteiger partial charge on any atom is -0.493 e. The summed E-state index contributed by atoms with van der Waals surface area (Å²) in [6.07, 6.45) is 1.09. The van der Waals surface area contributed by atoms with Crippen LogP contribution in [0.3, 0.4) is 0 Å². The molecule has 5 aromatic rings. The molecule has 14 nitrogen and oxygen atoms in total. The number of carboxylic acids is 1. The van der Waals surface area contributed by atoms with Gasteiger partial charge in [0.15, 0.2) is 5.65 Å². The van der Waals surface area contributed by atoms with Gasteiger partial charge in [0.1, 0.15) is 29.3 Å². The van der Waals surface area contributed by atoms with E-state index >= 15 is 0 Å². The Labute approximate surface area is 301 Å². The molecule has 0 bridgehead atoms. The Morgan fingerprint density at radius 3 is 2.21 bits per heavy atom. The van der Waals surface area contributed by atoms with Crippen molar-refractivity contribution in [3.05, 3.63) is 76.6 Å². The third kappa shape index (κ3) is 8.04. The number of nitrogen functional groups attached to an aromatic ring is 1. The number of alkyl halides is 3. The monoisotopic (exact) mass is 741 g/mol. The molecule has 0 radical (unpaired) electrons. The molecule has 0 fully saturated rings. The van der Waals surface area contributed by atoms with E-state index in [0.717, 1.165) is 22.3 Å². The number of nitrogens with two attached hydrogens (primary N) is 1. The molecule has 5 rings (SSSR count). The quantitative estimate of drug-likeness (QED) is 0.204. The van der Waals surface area contributed by atoms with Crippen molar-refractivity contribution in [2.24, 2.45) is 0 Å². The fourth-order valence-corrected chi connectivity index (χ4v) is 5.36. The summed E-state index contributed by atoms with van der Waals surface area (Å²) < 4.78 is 39.8. The average Bonchev–Trinajstić information content (AvgIpc) is 3.50. The number of benzene rings is 1. The van der Waals surface area contributed by atoms with E-state index in [2.05, 4.69) is 19.9 Å². The number of rotatable bonds is 8. The number of carboxylic acid groups (broad SMARTS) is 1. The average molecular weight is 742 g/mol. The summed E-state index contributed by atoms with van der Waals surface area (Å²) in [6, 6.07) is 6.67. The van der Waals surface area contributed by atoms with Gasteiger partial charge in [-0.2, -0.15) is 18.3 Å². The van der Waals surface area contributed by atoms with Gasteiger partial charge >= 0.3 is 12.1 Å². The van der Waals surface area contributed by atoms with E-state index in [0.29, 0.717) is 50.9 Å². The minimum atomic E-state index is -5.08. The van der Waals surface area contributed by atoms with Crippen molar-refractivity contribution < 1.29 is 37.4 Å². The molecule has 3 N–H and O–H groups in total. The van der Waals surface area contributed by atoms with Gasteiger partial charge in [-0.1, -0.05) is 17.7 Å². The van der Waals surface area contributed by atoms with Crippen LogP contribution in [0.1, 0.15) is 51.9 Å². The van der Waals surface area contributed by atoms with E-state index in [9.17, 15) is 22.8 Å². The van der Waals surface area contributed by atoms with Gasteiger partial charge in [0.25, 0.3) is 11.8 Å². The molecule has 0 spiro atoms. The van der Waals surface area contributed by atoms with Crippen LogP contribution in [0.2, 0.25) is 5.02 Å². The van der Waals surface area contributed by atoms with E-state index in [1.807, 2.05) is 32.9 Å². The Kier molecular flexibility index (Phi) is 11.7. The number of hydrogen-bond donors (Lipinski definition) is 2. The van der Waals surface area contributed by atoms with Crippen LogP contribution in [-0.2, 0) is 4.79 Å². The number of fused-ring (bicyclic) bond motifs is 1. The van der Waals surface area contributed by atoms with Gasteiger partial charge in [0, 0.05) is 74.1 Å². The van der Waals surface area contributed by atoms with Crippen molar-refractivity contribution in [2.75, 3.05) is 40.5 Å². The first-order chi connectivity index (χ1) is 24.4. The summed E-state index contributed by atoms with van der Waals surface area (Å²) in [5.74, 6) is -2.30. The molecule has 1 aromatic carbocycles. The number of amides is 2. The maximum Gasteiger partial charge on any atom is 0.490 e. The molecule has 0 aliphatic rings. The van der Waals surface area contributed by atoms with Crippen LogP contribution >= 0.6 is 11.6 Å². The number of ether oxygens (including phenoxy) is 1. The van der Waals surface area contributed by atoms with Crippen molar-refractivity contribution in [3.8, 4) is 28.1 Å². The van der Waals surface area contributed by atoms with Crippen LogP contribution in [-0.4, -0.2) is 103 Å². The number of halogens is 4. The summed E-state index contributed by atoms with van der Waals surface area (Å²) in [6.45, 7) is 6.17. The van der Waals surface area contributed by atoms with Crippen LogP contribution in [0, 0.1) is 6.92 Å². The molecular formula is C34H35ClF3N9O5. The Morgan fingerprint density at radius 1 is 1.00 bits per heavy atom. The highest BCUT2D eigenvalue weighted by Gasteiger charge is 2.38. The SMILES string of the molecule is CCOc1c(C(C)n2nc(-c3cncc(C(=O)N(C)C)c3)c3c(N)ncnc32)cc(Cl)c(C)c1-c1ccc(C(=O)N(C)C)nc1.O=C(O)C(F)(F)F. The highest BCUT2D eigenvalue weighted by Crippen LogP contribution is 2.44. The lowest BCUT2D eigenvalue weighted by Crippen LogP contribution is -2.22. The molecule has 0 aliphatic carbocycles. The zero-order chi connectivity index (χ0) is 38.7. The zero-order valence-corrected chi connectivity index (χ0v) is 29.9. The van der Waals surface area contributed by atoms with Crippen molar-refractivity contribution in [2.45, 2.75) is 33.0 Å². The van der Waals surface area contributed by atoms with E-state index in [4.69, 9.17) is 37.1 Å². The van der Waals surface area contributed by atoms with E-state index in [1.54, 1.807) is 57.4 Å². The summed E-state index contributed by atoms with van der Waals surface area (Å²) >= 11 is 6.86. The lowest BCUT2D eigenvalue weighted by Gasteiger charge is -2.23. The lowest BCUT2D eigenvalue weighted by atomic mass is 9.94. The van der Waals surface area contributed by atoms with E-state index in [1.165, 1.54) is 22.3 Å². The fraction of sp³-hybridized carbons (Fsp3) is 0.294. The Balaban J connectivity index is 0.000000785. The lowest BCUT2D eigenvalue weighted by molar-refractivity contribution is -0.192. The molecule has 0 saturated carbocycles. The van der Waals surface area contributed by atoms with Crippen molar-refractivity contribution in [3.63, 3.8) is 0 Å². The number of aromatic nitrogens is 6. The third-order valence-electron chi connectivity index (χ3n) is 7.71. The number of nitrogens with zero attached hydrogens (tertiary/aromatic N) is 8. The van der Waals surface area contributed by atoms with Gasteiger partial charge in [-0.3, -0.25) is 19.6 Å². The molecule has 4 aromatic heterocycles. The van der Waals surface area contributed by atoms with Crippen LogP contribution in [0.4, 0.5) is 19.0 Å². The molecular weight excluding hydrogens is 707 g/mol. The maximum absolute atomic E-state index is 12.7. The standard InChI is InChI=1S/C32H34ClN9O3.C2HF3O2/c1-8-45-28-22(12-23(33)17(2)25(28)19-9-10-24(36-15-19)32(44)41(6)7)18(3)42-30-26(29(34)37-16-38-30)27(39-42)20-11-21(14-35-13-20)31(43)40(4)5;3-2(4,5)1(6)7/h9-16,18H,8H2,1-7H3,(H2,34,37,38);(H,6,7). The zero-order valence-electron chi connectivity index (χ0n) is 29.2. The maximum atomic E-state index is 12.7. The predicted molar refractivity (Wildman–Crippen MR) is 187 cm³/mol. The topological polar surface area (TPSA) is 183 Å². The second-order valence-corrected chi connectivity index (χ2v) is 12.1. The number of carbonyl (C=O) groups excluding carboxylic acids is 2. The van der Waals surface area contributed by atoms with Crippen LogP contribution in [0.15, 0.2) is 49.2 Å². The van der Waals surface area contributed by atoms with E-state index in [-0.39, 0.29) is 17.6 Å². The van der Waals surface area contributed by atoms with Gasteiger partial charge in [0.05, 0.1) is 23.6 Å². The Morgan fingerprint density at radius 2 is 1.65 bits per heavy atom. The molecule has 1 unspecified atom stereocenters. The van der Waals surface area contributed by atoms with Crippen LogP contribution in [0.25, 0.3) is 33.4 Å². The normalized spacial score (nSPS) is 11.8. The molecule has 0 aliphatic heterocycles. The third-order valence-corrected chi connectivity index (χ3v) is 8.11. The molecule has 4 heterocycles. The Bertz CT molecular complexity index is 2140. The molecule has 18 heteroatoms. The van der Waals surface area contributed by atoms with Gasteiger partial charge in [0.2, 0.25) is 0 Å². The molecule has 0 saturated heterocycles. The second kappa shape index (κ2) is 15.6. The number of hydrogen-bond acceptors (Lipinski definition) is 10. The molecule has 2 amide bonds. The second-order valence-electron chi connectivity index (χ2n) is 11.7. The van der Waals surface area contributed by atoms with Gasteiger partial charge in [-0.15, -0.1) is 0 Å². The summed E-state index contributed by atoms with van der Waals surface area (Å²) in [7, 11) is 6.72. The van der Waals surface area contributed by atoms with Crippen LogP contribution < -0.4 is 10.5 Å². The first-order valence-corrected chi connectivity index (χ1v) is 15.9. The Hall–Kier alpha value is -5.84. The number of anilines is 1. The van der Waals surface area contributed by atoms with Gasteiger partial charge in [-0.25, -0.2) is 19.4 Å². The first-order valence-electron chi connectivity index (χ1n) is 15.5. The first kappa shape index (κ1) is 39.0. The summed E-state index contributed by atoms with van der Waals surface area (Å²) in [4.78, 5) is 54.5. The molecule has 1 atom stereocenters. The summed E-state index contributed by atoms with van der Waals surface area (Å²) in [5.41, 5.74) is 11.7. The summed E-state index contributed by atoms with van der Waals surface area (Å²) in [5, 5.41) is 13.1. The highest BCUT2D eigenvalue weighted by molar-refractivity contribution is 6.32. The van der Waals surface area contributed by atoms with Crippen molar-refractivity contribution in [1.82, 2.24) is 39.5 Å².